The predicted octanol–water partition coefficient (Wildman–Crippen LogP) is 5.69. The van der Waals surface area contributed by atoms with Crippen molar-refractivity contribution >= 4 is 11.7 Å². The van der Waals surface area contributed by atoms with Crippen LogP contribution in [0.1, 0.15) is 38.2 Å². The van der Waals surface area contributed by atoms with E-state index in [9.17, 15) is 4.79 Å². The van der Waals surface area contributed by atoms with Crippen molar-refractivity contribution in [3.8, 4) is 5.75 Å². The first-order valence-electron chi connectivity index (χ1n) is 10.7. The van der Waals surface area contributed by atoms with E-state index >= 15 is 0 Å². The second kappa shape index (κ2) is 9.52. The predicted molar refractivity (Wildman–Crippen MR) is 127 cm³/mol. The number of hydrogen-bond donors (Lipinski definition) is 1. The minimum absolute atomic E-state index is 0.195. The second-order valence-electron chi connectivity index (χ2n) is 8.10. The third-order valence-electron chi connectivity index (χ3n) is 5.22. The van der Waals surface area contributed by atoms with Crippen molar-refractivity contribution in [2.24, 2.45) is 0 Å². The van der Waals surface area contributed by atoms with Crippen LogP contribution in [0.15, 0.2) is 79.0 Å². The zero-order valence-electron chi connectivity index (χ0n) is 18.6. The zero-order chi connectivity index (χ0) is 22.5. The number of amides is 1. The van der Waals surface area contributed by atoms with Crippen LogP contribution in [-0.2, 0) is 13.2 Å². The molecule has 1 N–H and O–H groups in total. The number of benzene rings is 3. The summed E-state index contributed by atoms with van der Waals surface area (Å²) < 4.78 is 7.77. The van der Waals surface area contributed by atoms with E-state index < -0.39 is 0 Å². The average molecular weight is 426 g/mol. The molecule has 0 spiro atoms. The van der Waals surface area contributed by atoms with Crippen molar-refractivity contribution in [2.75, 3.05) is 5.32 Å². The van der Waals surface area contributed by atoms with Crippen LogP contribution >= 0.6 is 0 Å². The van der Waals surface area contributed by atoms with E-state index in [1.165, 1.54) is 16.7 Å². The third-order valence-corrected chi connectivity index (χ3v) is 5.22. The van der Waals surface area contributed by atoms with Gasteiger partial charge in [-0.15, -0.1) is 0 Å². The van der Waals surface area contributed by atoms with Crippen LogP contribution < -0.4 is 10.1 Å². The van der Waals surface area contributed by atoms with Crippen molar-refractivity contribution < 1.29 is 9.53 Å². The number of rotatable bonds is 7. The molecule has 0 aliphatic carbocycles. The Kier molecular flexibility index (Phi) is 6.36. The van der Waals surface area contributed by atoms with Crippen molar-refractivity contribution in [3.05, 3.63) is 112 Å². The molecule has 0 fully saturated rings. The summed E-state index contributed by atoms with van der Waals surface area (Å²) in [5.74, 6) is 1.18. The molecule has 1 amide bonds. The van der Waals surface area contributed by atoms with Gasteiger partial charge in [0.15, 0.2) is 5.82 Å². The average Bonchev–Trinajstić information content (AvgIpc) is 3.20. The van der Waals surface area contributed by atoms with E-state index in [-0.39, 0.29) is 5.91 Å². The normalized spacial score (nSPS) is 10.7. The zero-order valence-corrected chi connectivity index (χ0v) is 18.6. The fourth-order valence-electron chi connectivity index (χ4n) is 3.63. The number of nitrogens with one attached hydrogen (secondary N) is 1. The Morgan fingerprint density at radius 2 is 1.69 bits per heavy atom. The minimum Gasteiger partial charge on any atom is -0.489 e. The van der Waals surface area contributed by atoms with Gasteiger partial charge in [-0.05, 0) is 55.7 Å². The Morgan fingerprint density at radius 1 is 0.906 bits per heavy atom. The van der Waals surface area contributed by atoms with Crippen molar-refractivity contribution in [3.63, 3.8) is 0 Å². The standard InChI is InChI=1S/C27H27N3O2/c1-19-6-4-7-22(15-19)17-30-13-12-26(29-30)28-27(31)24-9-5-8-23(16-24)18-32-25-11-10-20(2)14-21(25)3/h4-16H,17-18H2,1-3H3,(H,28,29,31). The first kappa shape index (κ1) is 21.4. The van der Waals surface area contributed by atoms with Gasteiger partial charge in [0, 0.05) is 17.8 Å². The molecular formula is C27H27N3O2. The lowest BCUT2D eigenvalue weighted by Crippen LogP contribution is -2.13. The molecule has 0 atom stereocenters. The van der Waals surface area contributed by atoms with E-state index in [1.807, 2.05) is 54.2 Å². The molecule has 4 aromatic rings. The highest BCUT2D eigenvalue weighted by atomic mass is 16.5. The van der Waals surface area contributed by atoms with Crippen LogP contribution in [0.2, 0.25) is 0 Å². The third kappa shape index (κ3) is 5.43. The van der Waals surface area contributed by atoms with Gasteiger partial charge in [0.05, 0.1) is 6.54 Å². The number of aryl methyl sites for hydroxylation is 3. The summed E-state index contributed by atoms with van der Waals surface area (Å²) in [6.45, 7) is 7.22. The molecule has 0 bridgehead atoms. The number of carbonyl (C=O) groups excluding carboxylic acids is 1. The maximum Gasteiger partial charge on any atom is 0.256 e. The Hall–Kier alpha value is -3.86. The molecule has 1 heterocycles. The maximum atomic E-state index is 12.7. The Labute approximate surface area is 188 Å². The van der Waals surface area contributed by atoms with Crippen LogP contribution in [-0.4, -0.2) is 15.7 Å². The molecule has 32 heavy (non-hydrogen) atoms. The fourth-order valence-corrected chi connectivity index (χ4v) is 3.63. The quantitative estimate of drug-likeness (QED) is 0.414. The summed E-state index contributed by atoms with van der Waals surface area (Å²) >= 11 is 0. The number of carbonyl (C=O) groups is 1. The monoisotopic (exact) mass is 425 g/mol. The molecule has 4 rings (SSSR count). The van der Waals surface area contributed by atoms with Gasteiger partial charge < -0.3 is 10.1 Å². The van der Waals surface area contributed by atoms with E-state index in [4.69, 9.17) is 4.74 Å². The van der Waals surface area contributed by atoms with Gasteiger partial charge in [-0.1, -0.05) is 59.7 Å². The van der Waals surface area contributed by atoms with Crippen LogP contribution in [0.4, 0.5) is 5.82 Å². The van der Waals surface area contributed by atoms with Gasteiger partial charge in [-0.25, -0.2) is 0 Å². The Bertz CT molecular complexity index is 1240. The molecule has 0 aliphatic rings. The molecule has 0 radical (unpaired) electrons. The number of nitrogens with zero attached hydrogens (tertiary/aromatic N) is 2. The minimum atomic E-state index is -0.195. The van der Waals surface area contributed by atoms with Crippen molar-refractivity contribution in [1.82, 2.24) is 9.78 Å². The Balaban J connectivity index is 1.38. The molecule has 0 aliphatic heterocycles. The molecule has 5 nitrogen and oxygen atoms in total. The van der Waals surface area contributed by atoms with Crippen LogP contribution in [0.25, 0.3) is 0 Å². The van der Waals surface area contributed by atoms with Crippen molar-refractivity contribution in [2.45, 2.75) is 33.9 Å². The summed E-state index contributed by atoms with van der Waals surface area (Å²) in [7, 11) is 0. The van der Waals surface area contributed by atoms with Gasteiger partial charge in [0.1, 0.15) is 12.4 Å². The topological polar surface area (TPSA) is 56.2 Å². The number of anilines is 1. The summed E-state index contributed by atoms with van der Waals surface area (Å²) in [6, 6.07) is 23.7. The van der Waals surface area contributed by atoms with Gasteiger partial charge in [-0.3, -0.25) is 9.48 Å². The molecule has 162 valence electrons. The highest BCUT2D eigenvalue weighted by Gasteiger charge is 2.10. The van der Waals surface area contributed by atoms with Crippen molar-refractivity contribution in [1.29, 1.82) is 0 Å². The summed E-state index contributed by atoms with van der Waals surface area (Å²) in [6.07, 6.45) is 1.87. The summed E-state index contributed by atoms with van der Waals surface area (Å²) in [5, 5.41) is 7.36. The van der Waals surface area contributed by atoms with Crippen LogP contribution in [0.3, 0.4) is 0 Å². The SMILES string of the molecule is Cc1cccc(Cn2ccc(NC(=O)c3cccc(COc4ccc(C)cc4C)c3)n2)c1. The summed E-state index contributed by atoms with van der Waals surface area (Å²) in [4.78, 5) is 12.7. The van der Waals surface area contributed by atoms with Crippen LogP contribution in [0.5, 0.6) is 5.75 Å². The number of aromatic nitrogens is 2. The van der Waals surface area contributed by atoms with Gasteiger partial charge in [0.2, 0.25) is 0 Å². The molecule has 5 heteroatoms. The van der Waals surface area contributed by atoms with Gasteiger partial charge >= 0.3 is 0 Å². The molecule has 0 unspecified atom stereocenters. The lowest BCUT2D eigenvalue weighted by molar-refractivity contribution is 0.102. The highest BCUT2D eigenvalue weighted by molar-refractivity contribution is 6.03. The first-order valence-corrected chi connectivity index (χ1v) is 10.7. The number of hydrogen-bond acceptors (Lipinski definition) is 3. The van der Waals surface area contributed by atoms with E-state index in [0.29, 0.717) is 24.5 Å². The molecule has 0 saturated heterocycles. The molecule has 3 aromatic carbocycles. The maximum absolute atomic E-state index is 12.7. The van der Waals surface area contributed by atoms with E-state index in [1.54, 1.807) is 12.1 Å². The smallest absolute Gasteiger partial charge is 0.256 e. The molecule has 1 aromatic heterocycles. The fraction of sp³-hybridized carbons (Fsp3) is 0.185. The first-order chi connectivity index (χ1) is 15.5. The van der Waals surface area contributed by atoms with Gasteiger partial charge in [-0.2, -0.15) is 5.10 Å². The number of ether oxygens (including phenoxy) is 1. The second-order valence-corrected chi connectivity index (χ2v) is 8.10. The van der Waals surface area contributed by atoms with E-state index in [0.717, 1.165) is 16.9 Å². The molecular weight excluding hydrogens is 398 g/mol. The largest absolute Gasteiger partial charge is 0.489 e. The van der Waals surface area contributed by atoms with Gasteiger partial charge in [0.25, 0.3) is 5.91 Å². The lowest BCUT2D eigenvalue weighted by Gasteiger charge is -2.11. The Morgan fingerprint density at radius 3 is 2.50 bits per heavy atom. The molecule has 0 saturated carbocycles. The highest BCUT2D eigenvalue weighted by Crippen LogP contribution is 2.20. The van der Waals surface area contributed by atoms with Crippen LogP contribution in [0, 0.1) is 20.8 Å². The summed E-state index contributed by atoms with van der Waals surface area (Å²) in [5.41, 5.74) is 6.18. The van der Waals surface area contributed by atoms with E-state index in [2.05, 4.69) is 48.5 Å². The lowest BCUT2D eigenvalue weighted by atomic mass is 10.1.